The second-order valence-corrected chi connectivity index (χ2v) is 6.05. The Morgan fingerprint density at radius 3 is 2.43 bits per heavy atom. The van der Waals surface area contributed by atoms with Crippen LogP contribution in [0.15, 0.2) is 34.8 Å². The van der Waals surface area contributed by atoms with E-state index in [0.717, 1.165) is 15.6 Å². The molecular weight excluding hydrogens is 336 g/mol. The standard InChI is InChI=1S/C17H18BrF2N/c1-4-21-17(13-9-12(18)5-6-14(13)19)16-11(3)7-10(2)8-15(16)20/h5-9,17,21H,4H2,1-3H3. The molecule has 0 heterocycles. The molecule has 1 unspecified atom stereocenters. The molecule has 1 atom stereocenters. The third-order valence-electron chi connectivity index (χ3n) is 3.45. The normalized spacial score (nSPS) is 12.5. The molecule has 0 saturated heterocycles. The largest absolute Gasteiger partial charge is 0.306 e. The van der Waals surface area contributed by atoms with E-state index in [2.05, 4.69) is 21.2 Å². The molecule has 1 N–H and O–H groups in total. The van der Waals surface area contributed by atoms with Crippen molar-refractivity contribution in [2.24, 2.45) is 0 Å². The van der Waals surface area contributed by atoms with Crippen LogP contribution in [-0.2, 0) is 0 Å². The minimum absolute atomic E-state index is 0.308. The van der Waals surface area contributed by atoms with Gasteiger partial charge in [0.2, 0.25) is 0 Å². The molecule has 0 aliphatic rings. The van der Waals surface area contributed by atoms with Crippen molar-refractivity contribution in [2.45, 2.75) is 26.8 Å². The summed E-state index contributed by atoms with van der Waals surface area (Å²) in [6.45, 7) is 6.24. The van der Waals surface area contributed by atoms with Crippen LogP contribution in [0.4, 0.5) is 8.78 Å². The monoisotopic (exact) mass is 353 g/mol. The van der Waals surface area contributed by atoms with Crippen molar-refractivity contribution in [3.63, 3.8) is 0 Å². The van der Waals surface area contributed by atoms with Crippen molar-refractivity contribution in [1.82, 2.24) is 5.32 Å². The second-order valence-electron chi connectivity index (χ2n) is 5.13. The summed E-state index contributed by atoms with van der Waals surface area (Å²) in [6, 6.07) is 7.63. The van der Waals surface area contributed by atoms with E-state index >= 15 is 0 Å². The van der Waals surface area contributed by atoms with E-state index in [0.29, 0.717) is 17.7 Å². The SMILES string of the molecule is CCNC(c1cc(Br)ccc1F)c1c(C)cc(C)cc1F. The van der Waals surface area contributed by atoms with E-state index in [9.17, 15) is 8.78 Å². The molecule has 0 radical (unpaired) electrons. The van der Waals surface area contributed by atoms with Crippen molar-refractivity contribution in [3.8, 4) is 0 Å². The van der Waals surface area contributed by atoms with Gasteiger partial charge in [-0.2, -0.15) is 0 Å². The molecule has 0 spiro atoms. The van der Waals surface area contributed by atoms with Gasteiger partial charge >= 0.3 is 0 Å². The van der Waals surface area contributed by atoms with Crippen LogP contribution in [0.1, 0.15) is 35.2 Å². The Hall–Kier alpha value is -1.26. The Labute approximate surface area is 132 Å². The molecule has 112 valence electrons. The third kappa shape index (κ3) is 3.50. The molecule has 2 aromatic rings. The Morgan fingerprint density at radius 2 is 1.81 bits per heavy atom. The van der Waals surface area contributed by atoms with Crippen molar-refractivity contribution < 1.29 is 8.78 Å². The predicted octanol–water partition coefficient (Wildman–Crippen LogP) is 5.04. The number of hydrogen-bond donors (Lipinski definition) is 1. The number of hydrogen-bond acceptors (Lipinski definition) is 1. The van der Waals surface area contributed by atoms with Crippen LogP contribution in [0.3, 0.4) is 0 Å². The maximum Gasteiger partial charge on any atom is 0.128 e. The average molecular weight is 354 g/mol. The maximum atomic E-state index is 14.4. The van der Waals surface area contributed by atoms with Crippen LogP contribution in [0.2, 0.25) is 0 Å². The van der Waals surface area contributed by atoms with Crippen molar-refractivity contribution in [3.05, 3.63) is 68.7 Å². The smallest absolute Gasteiger partial charge is 0.128 e. The highest BCUT2D eigenvalue weighted by Crippen LogP contribution is 2.31. The van der Waals surface area contributed by atoms with Gasteiger partial charge in [-0.15, -0.1) is 0 Å². The summed E-state index contributed by atoms with van der Waals surface area (Å²) in [7, 11) is 0. The minimum atomic E-state index is -0.506. The van der Waals surface area contributed by atoms with Gasteiger partial charge in [-0.1, -0.05) is 28.9 Å². The topological polar surface area (TPSA) is 12.0 Å². The van der Waals surface area contributed by atoms with Gasteiger partial charge in [0.25, 0.3) is 0 Å². The van der Waals surface area contributed by atoms with Gasteiger partial charge in [0.15, 0.2) is 0 Å². The second kappa shape index (κ2) is 6.67. The summed E-state index contributed by atoms with van der Waals surface area (Å²) in [5, 5.41) is 3.18. The number of benzene rings is 2. The molecule has 1 nitrogen and oxygen atoms in total. The molecule has 0 amide bonds. The van der Waals surface area contributed by atoms with Gasteiger partial charge in [-0.05, 0) is 55.8 Å². The van der Waals surface area contributed by atoms with Gasteiger partial charge in [-0.3, -0.25) is 0 Å². The lowest BCUT2D eigenvalue weighted by Crippen LogP contribution is -2.25. The molecule has 0 bridgehead atoms. The fraction of sp³-hybridized carbons (Fsp3) is 0.294. The Kier molecular flexibility index (Phi) is 5.12. The first kappa shape index (κ1) is 16.1. The predicted molar refractivity (Wildman–Crippen MR) is 85.5 cm³/mol. The van der Waals surface area contributed by atoms with E-state index in [-0.39, 0.29) is 11.6 Å². The molecule has 0 aliphatic heterocycles. The molecule has 2 aromatic carbocycles. The first-order chi connectivity index (χ1) is 9.93. The average Bonchev–Trinajstić information content (AvgIpc) is 2.39. The minimum Gasteiger partial charge on any atom is -0.306 e. The van der Waals surface area contributed by atoms with Crippen molar-refractivity contribution >= 4 is 15.9 Å². The van der Waals surface area contributed by atoms with E-state index in [1.54, 1.807) is 12.1 Å². The Bertz CT molecular complexity index is 632. The number of nitrogens with one attached hydrogen (secondary N) is 1. The fourth-order valence-electron chi connectivity index (χ4n) is 2.60. The number of halogens is 3. The lowest BCUT2D eigenvalue weighted by molar-refractivity contribution is 0.527. The lowest BCUT2D eigenvalue weighted by Gasteiger charge is -2.22. The van der Waals surface area contributed by atoms with Crippen LogP contribution >= 0.6 is 15.9 Å². The fourth-order valence-corrected chi connectivity index (χ4v) is 2.98. The van der Waals surface area contributed by atoms with E-state index in [1.165, 1.54) is 12.1 Å². The molecular formula is C17H18BrF2N. The van der Waals surface area contributed by atoms with Gasteiger partial charge in [0, 0.05) is 15.6 Å². The highest BCUT2D eigenvalue weighted by Gasteiger charge is 2.22. The van der Waals surface area contributed by atoms with Crippen LogP contribution in [0.25, 0.3) is 0 Å². The molecule has 0 saturated carbocycles. The summed E-state index contributed by atoms with van der Waals surface area (Å²) in [5.41, 5.74) is 2.62. The highest BCUT2D eigenvalue weighted by molar-refractivity contribution is 9.10. The zero-order valence-electron chi connectivity index (χ0n) is 12.3. The van der Waals surface area contributed by atoms with Gasteiger partial charge in [0.1, 0.15) is 11.6 Å². The van der Waals surface area contributed by atoms with Crippen LogP contribution < -0.4 is 5.32 Å². The molecule has 0 aromatic heterocycles. The van der Waals surface area contributed by atoms with Crippen LogP contribution in [0.5, 0.6) is 0 Å². The number of rotatable bonds is 4. The van der Waals surface area contributed by atoms with Gasteiger partial charge in [0.05, 0.1) is 6.04 Å². The van der Waals surface area contributed by atoms with Gasteiger partial charge < -0.3 is 5.32 Å². The molecule has 0 fully saturated rings. The maximum absolute atomic E-state index is 14.4. The molecule has 0 aliphatic carbocycles. The Balaban J connectivity index is 2.61. The lowest BCUT2D eigenvalue weighted by atomic mass is 9.93. The zero-order chi connectivity index (χ0) is 15.6. The third-order valence-corrected chi connectivity index (χ3v) is 3.94. The molecule has 4 heteroatoms. The summed E-state index contributed by atoms with van der Waals surface area (Å²) in [4.78, 5) is 0. The summed E-state index contributed by atoms with van der Waals surface area (Å²) in [5.74, 6) is -0.652. The quantitative estimate of drug-likeness (QED) is 0.811. The zero-order valence-corrected chi connectivity index (χ0v) is 13.9. The van der Waals surface area contributed by atoms with Gasteiger partial charge in [-0.25, -0.2) is 8.78 Å². The Morgan fingerprint density at radius 1 is 1.10 bits per heavy atom. The van der Waals surface area contributed by atoms with Crippen LogP contribution in [0, 0.1) is 25.5 Å². The van der Waals surface area contributed by atoms with E-state index in [4.69, 9.17) is 0 Å². The molecule has 2 rings (SSSR count). The van der Waals surface area contributed by atoms with E-state index in [1.807, 2.05) is 26.8 Å². The first-order valence-electron chi connectivity index (χ1n) is 6.89. The summed E-state index contributed by atoms with van der Waals surface area (Å²) >= 11 is 3.35. The number of aryl methyl sites for hydroxylation is 2. The van der Waals surface area contributed by atoms with Crippen molar-refractivity contribution in [2.75, 3.05) is 6.54 Å². The van der Waals surface area contributed by atoms with Crippen molar-refractivity contribution in [1.29, 1.82) is 0 Å². The highest BCUT2D eigenvalue weighted by atomic mass is 79.9. The summed E-state index contributed by atoms with van der Waals surface area (Å²) < 4.78 is 29.4. The summed E-state index contributed by atoms with van der Waals surface area (Å²) in [6.07, 6.45) is 0. The first-order valence-corrected chi connectivity index (χ1v) is 7.68. The van der Waals surface area contributed by atoms with E-state index < -0.39 is 6.04 Å². The van der Waals surface area contributed by atoms with Crippen LogP contribution in [-0.4, -0.2) is 6.54 Å². The molecule has 21 heavy (non-hydrogen) atoms.